The lowest BCUT2D eigenvalue weighted by atomic mass is 9.99. The van der Waals surface area contributed by atoms with E-state index in [0.717, 1.165) is 44.9 Å². The molecule has 2 fully saturated rings. The largest absolute Gasteiger partial charge is 0.481 e. The zero-order valence-electron chi connectivity index (χ0n) is 16.2. The van der Waals surface area contributed by atoms with Gasteiger partial charge in [-0.2, -0.15) is 0 Å². The maximum atomic E-state index is 11.3. The molecule has 0 aromatic carbocycles. The van der Waals surface area contributed by atoms with Crippen LogP contribution in [0.3, 0.4) is 0 Å². The molecule has 1 aliphatic carbocycles. The lowest BCUT2D eigenvalue weighted by Gasteiger charge is -2.41. The van der Waals surface area contributed by atoms with E-state index in [0.29, 0.717) is 6.42 Å². The summed E-state index contributed by atoms with van der Waals surface area (Å²) in [6, 6.07) is 0. The van der Waals surface area contributed by atoms with Crippen molar-refractivity contribution >= 4 is 5.97 Å². The summed E-state index contributed by atoms with van der Waals surface area (Å²) in [6.45, 7) is -0.342. The molecule has 7 atom stereocenters. The third kappa shape index (κ3) is 6.09. The molecule has 2 rings (SSSR count). The van der Waals surface area contributed by atoms with E-state index in [1.54, 1.807) is 0 Å². The number of hydrogen-bond donors (Lipinski definition) is 6. The Kier molecular flexibility index (Phi) is 9.07. The first-order valence-electron chi connectivity index (χ1n) is 10.2. The second-order valence-electron chi connectivity index (χ2n) is 7.99. The minimum absolute atomic E-state index is 0.0217. The van der Waals surface area contributed by atoms with E-state index in [2.05, 4.69) is 0 Å². The van der Waals surface area contributed by atoms with Crippen LogP contribution in [0.4, 0.5) is 0 Å². The average molecular weight is 406 g/mol. The standard InChI is InChI=1S/C19H34O9/c20-8-6-4-2-1-3-5-7-12-9-19(12,10-14(22)23)28-18-17(26)16(25)15(24)13(11-21)27-18/h12-13,15-18,20-21,24-26H,1-11H2,(H,22,23)/t12-,13+,15+,16-,17+,18-,19-/m0/s1. The number of carboxylic acids is 1. The van der Waals surface area contributed by atoms with Crippen LogP contribution in [-0.4, -0.2) is 86.1 Å². The third-order valence-corrected chi connectivity index (χ3v) is 5.79. The van der Waals surface area contributed by atoms with E-state index in [1.165, 1.54) is 0 Å². The minimum atomic E-state index is -1.55. The Morgan fingerprint density at radius 2 is 1.61 bits per heavy atom. The first-order chi connectivity index (χ1) is 13.3. The summed E-state index contributed by atoms with van der Waals surface area (Å²) < 4.78 is 11.2. The van der Waals surface area contributed by atoms with Crippen molar-refractivity contribution < 1.29 is 44.9 Å². The Labute approximate surface area is 164 Å². The molecular formula is C19H34O9. The molecule has 2 aliphatic rings. The fraction of sp³-hybridized carbons (Fsp3) is 0.947. The average Bonchev–Trinajstić information content (AvgIpc) is 3.32. The van der Waals surface area contributed by atoms with Gasteiger partial charge in [0.2, 0.25) is 0 Å². The summed E-state index contributed by atoms with van der Waals surface area (Å²) in [6.07, 6.45) is 0.0431. The first-order valence-corrected chi connectivity index (χ1v) is 10.2. The molecule has 1 heterocycles. The number of hydrogen-bond acceptors (Lipinski definition) is 8. The van der Waals surface area contributed by atoms with E-state index in [1.807, 2.05) is 0 Å². The summed E-state index contributed by atoms with van der Waals surface area (Å²) in [4.78, 5) is 11.3. The lowest BCUT2D eigenvalue weighted by molar-refractivity contribution is -0.317. The third-order valence-electron chi connectivity index (χ3n) is 5.79. The second kappa shape index (κ2) is 10.8. The molecule has 1 aliphatic heterocycles. The number of carboxylic acid groups (broad SMARTS) is 1. The maximum Gasteiger partial charge on any atom is 0.306 e. The highest BCUT2D eigenvalue weighted by Gasteiger charge is 2.59. The first kappa shape index (κ1) is 23.5. The van der Waals surface area contributed by atoms with Crippen LogP contribution in [0, 0.1) is 5.92 Å². The van der Waals surface area contributed by atoms with Gasteiger partial charge in [0.15, 0.2) is 6.29 Å². The number of unbranched alkanes of at least 4 members (excludes halogenated alkanes) is 5. The molecular weight excluding hydrogens is 372 g/mol. The van der Waals surface area contributed by atoms with Crippen molar-refractivity contribution in [3.63, 3.8) is 0 Å². The Morgan fingerprint density at radius 1 is 0.964 bits per heavy atom. The summed E-state index contributed by atoms with van der Waals surface area (Å²) in [7, 11) is 0. The second-order valence-corrected chi connectivity index (χ2v) is 7.99. The number of carbonyl (C=O) groups is 1. The van der Waals surface area contributed by atoms with Gasteiger partial charge < -0.3 is 40.1 Å². The van der Waals surface area contributed by atoms with Gasteiger partial charge in [0, 0.05) is 6.61 Å². The molecule has 0 radical (unpaired) electrons. The van der Waals surface area contributed by atoms with Gasteiger partial charge in [-0.15, -0.1) is 0 Å². The highest BCUT2D eigenvalue weighted by Crippen LogP contribution is 2.53. The highest BCUT2D eigenvalue weighted by molar-refractivity contribution is 5.69. The van der Waals surface area contributed by atoms with Gasteiger partial charge in [0.25, 0.3) is 0 Å². The summed E-state index contributed by atoms with van der Waals surface area (Å²) in [5.74, 6) is -0.996. The fourth-order valence-corrected chi connectivity index (χ4v) is 3.99. The van der Waals surface area contributed by atoms with Crippen molar-refractivity contribution in [3.8, 4) is 0 Å². The van der Waals surface area contributed by atoms with Crippen molar-refractivity contribution in [2.24, 2.45) is 5.92 Å². The number of aliphatic hydroxyl groups is 5. The molecule has 164 valence electrons. The predicted octanol–water partition coefficient (Wildman–Crippen LogP) is -0.241. The van der Waals surface area contributed by atoms with Gasteiger partial charge in [-0.3, -0.25) is 4.79 Å². The van der Waals surface area contributed by atoms with Gasteiger partial charge in [0.05, 0.1) is 18.6 Å². The van der Waals surface area contributed by atoms with E-state index < -0.39 is 48.9 Å². The predicted molar refractivity (Wildman–Crippen MR) is 97.3 cm³/mol. The van der Waals surface area contributed by atoms with Crippen LogP contribution in [0.2, 0.25) is 0 Å². The van der Waals surface area contributed by atoms with Crippen LogP contribution in [0.5, 0.6) is 0 Å². The van der Waals surface area contributed by atoms with Crippen molar-refractivity contribution in [2.75, 3.05) is 13.2 Å². The van der Waals surface area contributed by atoms with Gasteiger partial charge in [-0.25, -0.2) is 0 Å². The fourth-order valence-electron chi connectivity index (χ4n) is 3.99. The van der Waals surface area contributed by atoms with Gasteiger partial charge in [-0.05, 0) is 25.2 Å². The molecule has 0 bridgehead atoms. The van der Waals surface area contributed by atoms with Crippen molar-refractivity contribution in [3.05, 3.63) is 0 Å². The van der Waals surface area contributed by atoms with E-state index in [-0.39, 0.29) is 18.9 Å². The number of aliphatic carboxylic acids is 1. The normalized spacial score (nSPS) is 37.8. The summed E-state index contributed by atoms with van der Waals surface area (Å²) >= 11 is 0. The topological polar surface area (TPSA) is 157 Å². The SMILES string of the molecule is O=C(O)C[C@@]1(O[C@@H]2O[C@H](CO)[C@@H](O)[C@H](O)[C@H]2O)C[C@@H]1CCCCCCCCO. The van der Waals surface area contributed by atoms with Crippen LogP contribution in [0.1, 0.15) is 57.8 Å². The molecule has 28 heavy (non-hydrogen) atoms. The van der Waals surface area contributed by atoms with E-state index >= 15 is 0 Å². The number of aliphatic hydroxyl groups excluding tert-OH is 5. The van der Waals surface area contributed by atoms with E-state index in [9.17, 15) is 30.3 Å². The van der Waals surface area contributed by atoms with Crippen LogP contribution in [0.25, 0.3) is 0 Å². The maximum absolute atomic E-state index is 11.3. The molecule has 1 saturated heterocycles. The number of ether oxygens (including phenoxy) is 2. The van der Waals surface area contributed by atoms with Gasteiger partial charge in [0.1, 0.15) is 24.4 Å². The summed E-state index contributed by atoms with van der Waals surface area (Å²) in [5, 5.41) is 57.2. The monoisotopic (exact) mass is 406 g/mol. The van der Waals surface area contributed by atoms with Crippen LogP contribution >= 0.6 is 0 Å². The Hall–Kier alpha value is -0.810. The number of rotatable bonds is 13. The minimum Gasteiger partial charge on any atom is -0.481 e. The van der Waals surface area contributed by atoms with E-state index in [4.69, 9.17) is 14.6 Å². The van der Waals surface area contributed by atoms with Gasteiger partial charge in [-0.1, -0.05) is 32.1 Å². The zero-order valence-corrected chi connectivity index (χ0v) is 16.2. The van der Waals surface area contributed by atoms with Crippen LogP contribution in [0.15, 0.2) is 0 Å². The Bertz CT molecular complexity index is 486. The molecule has 6 N–H and O–H groups in total. The van der Waals surface area contributed by atoms with Crippen molar-refractivity contribution in [1.82, 2.24) is 0 Å². The van der Waals surface area contributed by atoms with Crippen LogP contribution < -0.4 is 0 Å². The van der Waals surface area contributed by atoms with Crippen molar-refractivity contribution in [1.29, 1.82) is 0 Å². The lowest BCUT2D eigenvalue weighted by Crippen LogP contribution is -2.60. The molecule has 0 amide bonds. The van der Waals surface area contributed by atoms with Crippen LogP contribution in [-0.2, 0) is 14.3 Å². The van der Waals surface area contributed by atoms with Crippen molar-refractivity contribution in [2.45, 2.75) is 94.1 Å². The smallest absolute Gasteiger partial charge is 0.306 e. The molecule has 1 saturated carbocycles. The Balaban J connectivity index is 1.86. The zero-order chi connectivity index (χ0) is 20.7. The molecule has 0 aromatic rings. The quantitative estimate of drug-likeness (QED) is 0.227. The molecule has 9 heteroatoms. The molecule has 0 spiro atoms. The summed E-state index contributed by atoms with van der Waals surface area (Å²) in [5.41, 5.74) is -0.962. The molecule has 0 aromatic heterocycles. The molecule has 9 nitrogen and oxygen atoms in total. The highest BCUT2D eigenvalue weighted by atomic mass is 16.7. The van der Waals surface area contributed by atoms with Gasteiger partial charge >= 0.3 is 5.97 Å². The molecule has 0 unspecified atom stereocenters. The Morgan fingerprint density at radius 3 is 2.21 bits per heavy atom.